The molecule has 30 heavy (non-hydrogen) atoms. The Labute approximate surface area is 175 Å². The minimum absolute atomic E-state index is 0.0685. The average molecular weight is 446 g/mol. The molecule has 162 valence electrons. The number of hydrogen-bond donors (Lipinski definition) is 2. The lowest BCUT2D eigenvalue weighted by atomic mass is 10.1. The number of alkyl halides is 3. The molecule has 2 aromatic rings. The fourth-order valence-corrected chi connectivity index (χ4v) is 2.57. The highest BCUT2D eigenvalue weighted by atomic mass is 35.5. The van der Waals surface area contributed by atoms with Crippen LogP contribution >= 0.6 is 11.6 Å². The lowest BCUT2D eigenvalue weighted by molar-refractivity contribution is -0.138. The molecule has 0 aliphatic heterocycles. The number of carboxylic acid groups (broad SMARTS) is 1. The maximum absolute atomic E-state index is 12.8. The topological polar surface area (TPSA) is 88.9 Å². The van der Waals surface area contributed by atoms with Crippen molar-refractivity contribution in [1.82, 2.24) is 4.98 Å². The lowest BCUT2D eigenvalue weighted by Crippen LogP contribution is -2.29. The highest BCUT2D eigenvalue weighted by Gasteiger charge is 2.32. The highest BCUT2D eigenvalue weighted by molar-refractivity contribution is 6.31. The number of ether oxygens (including phenoxy) is 2. The van der Waals surface area contributed by atoms with Crippen LogP contribution in [0.2, 0.25) is 5.02 Å². The number of aromatic nitrogens is 1. The molecule has 0 spiro atoms. The van der Waals surface area contributed by atoms with Gasteiger partial charge in [0.15, 0.2) is 0 Å². The Balaban J connectivity index is 2.42. The van der Waals surface area contributed by atoms with Gasteiger partial charge in [-0.15, -0.1) is 0 Å². The van der Waals surface area contributed by atoms with Crippen molar-refractivity contribution in [2.75, 3.05) is 6.61 Å². The number of benzene rings is 1. The molecule has 0 saturated heterocycles. The number of carbonyl (C=O) groups is 1. The number of aliphatic hydroxyl groups is 1. The monoisotopic (exact) mass is 445 g/mol. The first-order valence-electron chi connectivity index (χ1n) is 8.67. The van der Waals surface area contributed by atoms with E-state index in [1.165, 1.54) is 18.2 Å². The normalized spacial score (nSPS) is 12.2. The van der Waals surface area contributed by atoms with E-state index in [2.05, 4.69) is 4.98 Å². The molecule has 1 aromatic carbocycles. The number of carboxylic acids is 1. The Morgan fingerprint density at radius 1 is 1.27 bits per heavy atom. The molecule has 0 radical (unpaired) electrons. The summed E-state index contributed by atoms with van der Waals surface area (Å²) in [5, 5.41) is 17.6. The number of nitrogens with zero attached hydrogens (tertiary/aromatic N) is 1. The number of hydrogen-bond acceptors (Lipinski definition) is 5. The van der Waals surface area contributed by atoms with Gasteiger partial charge in [-0.25, -0.2) is 9.78 Å². The Hall–Kier alpha value is -2.78. The molecular formula is C20H19ClF3NO5. The third-order valence-corrected chi connectivity index (χ3v) is 4.11. The van der Waals surface area contributed by atoms with Gasteiger partial charge in [-0.1, -0.05) is 11.6 Å². The van der Waals surface area contributed by atoms with Crippen molar-refractivity contribution in [3.8, 4) is 17.4 Å². The summed E-state index contributed by atoms with van der Waals surface area (Å²) in [7, 11) is 0. The van der Waals surface area contributed by atoms with Gasteiger partial charge in [0.2, 0.25) is 5.88 Å². The summed E-state index contributed by atoms with van der Waals surface area (Å²) in [6.07, 6.45) is -1.57. The van der Waals surface area contributed by atoms with Gasteiger partial charge < -0.3 is 19.7 Å². The summed E-state index contributed by atoms with van der Waals surface area (Å²) in [4.78, 5) is 14.5. The smallest absolute Gasteiger partial charge is 0.417 e. The van der Waals surface area contributed by atoms with Gasteiger partial charge in [-0.2, -0.15) is 13.2 Å². The fourth-order valence-electron chi connectivity index (χ4n) is 2.36. The van der Waals surface area contributed by atoms with Crippen molar-refractivity contribution < 1.29 is 37.7 Å². The molecule has 0 aliphatic carbocycles. The first-order valence-corrected chi connectivity index (χ1v) is 9.04. The Bertz CT molecular complexity index is 945. The Kier molecular flexibility index (Phi) is 7.33. The van der Waals surface area contributed by atoms with Gasteiger partial charge >= 0.3 is 12.1 Å². The van der Waals surface area contributed by atoms with Crippen LogP contribution in [0.1, 0.15) is 31.4 Å². The van der Waals surface area contributed by atoms with Crippen LogP contribution in [-0.4, -0.2) is 33.4 Å². The lowest BCUT2D eigenvalue weighted by Gasteiger charge is -2.26. The molecule has 0 bridgehead atoms. The van der Waals surface area contributed by atoms with Crippen LogP contribution in [0.25, 0.3) is 6.08 Å². The standard InChI is InChI=1S/C20H19ClF3NO5/c1-19(2,7-8-26)30-14-5-3-12(4-6-17(27)28)16(10-14)29-18-15(21)9-13(11-25-18)20(22,23)24/h3-6,9-11,26H,7-8H2,1-2H3,(H,27,28)/b6-4+. The molecule has 1 aromatic heterocycles. The third kappa shape index (κ3) is 6.64. The van der Waals surface area contributed by atoms with Crippen molar-refractivity contribution in [3.63, 3.8) is 0 Å². The summed E-state index contributed by atoms with van der Waals surface area (Å²) in [6.45, 7) is 3.42. The van der Waals surface area contributed by atoms with E-state index in [4.69, 9.17) is 31.3 Å². The molecule has 10 heteroatoms. The van der Waals surface area contributed by atoms with Gasteiger partial charge in [0.1, 0.15) is 22.1 Å². The maximum atomic E-state index is 12.8. The van der Waals surface area contributed by atoms with Crippen molar-refractivity contribution in [1.29, 1.82) is 0 Å². The second-order valence-corrected chi connectivity index (χ2v) is 7.22. The van der Waals surface area contributed by atoms with Gasteiger partial charge in [0, 0.05) is 36.9 Å². The van der Waals surface area contributed by atoms with Crippen LogP contribution in [-0.2, 0) is 11.0 Å². The Morgan fingerprint density at radius 3 is 2.53 bits per heavy atom. The number of rotatable bonds is 8. The first-order chi connectivity index (χ1) is 13.9. The molecule has 0 saturated carbocycles. The predicted molar refractivity (Wildman–Crippen MR) is 104 cm³/mol. The van der Waals surface area contributed by atoms with Crippen molar-refractivity contribution in [2.24, 2.45) is 0 Å². The molecule has 0 aliphatic rings. The van der Waals surface area contributed by atoms with Crippen molar-refractivity contribution >= 4 is 23.6 Å². The van der Waals surface area contributed by atoms with E-state index >= 15 is 0 Å². The van der Waals surface area contributed by atoms with Crippen LogP contribution in [0.15, 0.2) is 36.5 Å². The first kappa shape index (κ1) is 23.5. The van der Waals surface area contributed by atoms with Crippen molar-refractivity contribution in [3.05, 3.63) is 52.7 Å². The third-order valence-electron chi connectivity index (χ3n) is 3.84. The maximum Gasteiger partial charge on any atom is 0.417 e. The zero-order valence-corrected chi connectivity index (χ0v) is 16.8. The largest absolute Gasteiger partial charge is 0.488 e. The average Bonchev–Trinajstić information content (AvgIpc) is 2.61. The molecule has 0 fully saturated rings. The van der Waals surface area contributed by atoms with E-state index in [-0.39, 0.29) is 23.3 Å². The summed E-state index contributed by atoms with van der Waals surface area (Å²) in [5.74, 6) is -1.09. The molecular weight excluding hydrogens is 427 g/mol. The number of aliphatic hydroxyl groups excluding tert-OH is 1. The minimum Gasteiger partial charge on any atom is -0.488 e. The van der Waals surface area contributed by atoms with E-state index in [1.54, 1.807) is 19.9 Å². The number of halogens is 4. The zero-order valence-electron chi connectivity index (χ0n) is 16.0. The van der Waals surface area contributed by atoms with Crippen LogP contribution < -0.4 is 9.47 Å². The van der Waals surface area contributed by atoms with Crippen molar-refractivity contribution in [2.45, 2.75) is 32.0 Å². The van der Waals surface area contributed by atoms with E-state index in [1.807, 2.05) is 0 Å². The van der Waals surface area contributed by atoms with Crippen LogP contribution in [0.4, 0.5) is 13.2 Å². The SMILES string of the molecule is CC(C)(CCO)Oc1ccc(/C=C/C(=O)O)c(Oc2ncc(C(F)(F)F)cc2Cl)c1. The quantitative estimate of drug-likeness (QED) is 0.544. The van der Waals surface area contributed by atoms with E-state index in [9.17, 15) is 18.0 Å². The van der Waals surface area contributed by atoms with Gasteiger partial charge in [0.25, 0.3) is 0 Å². The van der Waals surface area contributed by atoms with Crippen LogP contribution in [0.3, 0.4) is 0 Å². The molecule has 2 N–H and O–H groups in total. The second-order valence-electron chi connectivity index (χ2n) is 6.82. The summed E-state index contributed by atoms with van der Waals surface area (Å²) >= 11 is 5.89. The summed E-state index contributed by atoms with van der Waals surface area (Å²) < 4.78 is 49.8. The van der Waals surface area contributed by atoms with Gasteiger partial charge in [-0.3, -0.25) is 0 Å². The van der Waals surface area contributed by atoms with Crippen LogP contribution in [0, 0.1) is 0 Å². The second kappa shape index (κ2) is 9.36. The molecule has 0 unspecified atom stereocenters. The zero-order chi connectivity index (χ0) is 22.5. The van der Waals surface area contributed by atoms with E-state index < -0.39 is 23.3 Å². The van der Waals surface area contributed by atoms with E-state index in [0.29, 0.717) is 30.0 Å². The molecule has 6 nitrogen and oxygen atoms in total. The van der Waals surface area contributed by atoms with Crippen LogP contribution in [0.5, 0.6) is 17.4 Å². The highest BCUT2D eigenvalue weighted by Crippen LogP contribution is 2.37. The summed E-state index contributed by atoms with van der Waals surface area (Å²) in [5.41, 5.74) is -1.44. The molecule has 0 amide bonds. The van der Waals surface area contributed by atoms with Gasteiger partial charge in [0.05, 0.1) is 5.56 Å². The Morgan fingerprint density at radius 2 is 1.97 bits per heavy atom. The molecule has 1 heterocycles. The molecule has 0 atom stereocenters. The molecule has 2 rings (SSSR count). The number of aliphatic carboxylic acids is 1. The predicted octanol–water partition coefficient (Wildman–Crippen LogP) is 5.18. The number of pyridine rings is 1. The fraction of sp³-hybridized carbons (Fsp3) is 0.300. The summed E-state index contributed by atoms with van der Waals surface area (Å²) in [6, 6.07) is 5.18. The minimum atomic E-state index is -4.61. The van der Waals surface area contributed by atoms with Gasteiger partial charge in [-0.05, 0) is 38.1 Å². The van der Waals surface area contributed by atoms with E-state index in [0.717, 1.165) is 6.08 Å².